The van der Waals surface area contributed by atoms with Crippen LogP contribution in [0.4, 0.5) is 0 Å². The van der Waals surface area contributed by atoms with E-state index in [9.17, 15) is 4.79 Å². The number of ether oxygens (including phenoxy) is 1. The number of esters is 1. The second-order valence-electron chi connectivity index (χ2n) is 5.64. The van der Waals surface area contributed by atoms with Crippen molar-refractivity contribution in [1.82, 2.24) is 5.32 Å². The molecule has 0 heterocycles. The van der Waals surface area contributed by atoms with E-state index in [4.69, 9.17) is 0 Å². The third kappa shape index (κ3) is 6.06. The van der Waals surface area contributed by atoms with Crippen molar-refractivity contribution in [2.45, 2.75) is 58.4 Å². The van der Waals surface area contributed by atoms with Gasteiger partial charge < -0.3 is 10.1 Å². The van der Waals surface area contributed by atoms with Gasteiger partial charge in [-0.3, -0.25) is 4.79 Å². The Morgan fingerprint density at radius 3 is 2.82 bits per heavy atom. The zero-order valence-corrected chi connectivity index (χ0v) is 11.5. The average molecular weight is 241 g/mol. The highest BCUT2D eigenvalue weighted by Gasteiger charge is 2.22. The van der Waals surface area contributed by atoms with Gasteiger partial charge in [-0.1, -0.05) is 26.7 Å². The third-order valence-corrected chi connectivity index (χ3v) is 3.58. The van der Waals surface area contributed by atoms with Gasteiger partial charge in [0, 0.05) is 12.6 Å². The molecule has 0 aromatic carbocycles. The van der Waals surface area contributed by atoms with Crippen molar-refractivity contribution in [2.75, 3.05) is 13.7 Å². The average Bonchev–Trinajstić information content (AvgIpc) is 2.28. The van der Waals surface area contributed by atoms with Gasteiger partial charge in [-0.25, -0.2) is 0 Å². The van der Waals surface area contributed by atoms with Gasteiger partial charge in [-0.2, -0.15) is 0 Å². The molecule has 1 fully saturated rings. The van der Waals surface area contributed by atoms with E-state index >= 15 is 0 Å². The summed E-state index contributed by atoms with van der Waals surface area (Å²) in [5.41, 5.74) is 0. The topological polar surface area (TPSA) is 38.3 Å². The van der Waals surface area contributed by atoms with Crippen LogP contribution in [-0.2, 0) is 9.53 Å². The van der Waals surface area contributed by atoms with Gasteiger partial charge in [-0.05, 0) is 31.1 Å². The molecule has 0 amide bonds. The Kier molecular flexibility index (Phi) is 6.56. The number of nitrogens with one attached hydrogen (secondary N) is 1. The summed E-state index contributed by atoms with van der Waals surface area (Å²) in [4.78, 5) is 11.0. The molecule has 1 aliphatic carbocycles. The molecule has 17 heavy (non-hydrogen) atoms. The van der Waals surface area contributed by atoms with Crippen LogP contribution in [0.2, 0.25) is 0 Å². The number of carbonyl (C=O) groups is 1. The maximum atomic E-state index is 11.0. The fourth-order valence-electron chi connectivity index (χ4n) is 2.84. The largest absolute Gasteiger partial charge is 0.469 e. The van der Waals surface area contributed by atoms with Gasteiger partial charge in [0.05, 0.1) is 13.5 Å². The lowest BCUT2D eigenvalue weighted by atomic mass is 9.81. The van der Waals surface area contributed by atoms with Crippen LogP contribution < -0.4 is 5.32 Å². The van der Waals surface area contributed by atoms with E-state index in [0.29, 0.717) is 12.5 Å². The van der Waals surface area contributed by atoms with Crippen molar-refractivity contribution in [2.24, 2.45) is 11.8 Å². The number of rotatable bonds is 6. The molecule has 0 bridgehead atoms. The Labute approximate surface area is 105 Å². The highest BCUT2D eigenvalue weighted by atomic mass is 16.5. The monoisotopic (exact) mass is 241 g/mol. The molecule has 3 heteroatoms. The molecule has 2 atom stereocenters. The van der Waals surface area contributed by atoms with E-state index in [1.807, 2.05) is 0 Å². The smallest absolute Gasteiger partial charge is 0.306 e. The number of hydrogen-bond donors (Lipinski definition) is 1. The van der Waals surface area contributed by atoms with E-state index < -0.39 is 0 Å². The van der Waals surface area contributed by atoms with E-state index in [-0.39, 0.29) is 5.97 Å². The maximum Gasteiger partial charge on any atom is 0.306 e. The van der Waals surface area contributed by atoms with Gasteiger partial charge in [0.25, 0.3) is 0 Å². The van der Waals surface area contributed by atoms with Crippen LogP contribution >= 0.6 is 0 Å². The highest BCUT2D eigenvalue weighted by molar-refractivity contribution is 5.69. The van der Waals surface area contributed by atoms with Crippen LogP contribution in [0.5, 0.6) is 0 Å². The van der Waals surface area contributed by atoms with Crippen molar-refractivity contribution in [1.29, 1.82) is 0 Å². The molecule has 0 aromatic heterocycles. The van der Waals surface area contributed by atoms with Gasteiger partial charge in [0.1, 0.15) is 0 Å². The standard InChI is InChI=1S/C14H27NO2/c1-11(2)9-12-5-4-6-13(10-12)15-8-7-14(16)17-3/h11-13,15H,4-10H2,1-3H3. The van der Waals surface area contributed by atoms with E-state index in [2.05, 4.69) is 23.9 Å². The first-order valence-electron chi connectivity index (χ1n) is 6.92. The SMILES string of the molecule is COC(=O)CCNC1CCCC(CC(C)C)C1. The number of carbonyl (C=O) groups excluding carboxylic acids is 1. The summed E-state index contributed by atoms with van der Waals surface area (Å²) in [6.07, 6.45) is 7.08. The summed E-state index contributed by atoms with van der Waals surface area (Å²) in [6.45, 7) is 5.36. The summed E-state index contributed by atoms with van der Waals surface area (Å²) >= 11 is 0. The molecule has 3 nitrogen and oxygen atoms in total. The molecule has 0 saturated heterocycles. The summed E-state index contributed by atoms with van der Waals surface area (Å²) in [7, 11) is 1.45. The number of hydrogen-bond acceptors (Lipinski definition) is 3. The molecular formula is C14H27NO2. The second-order valence-corrected chi connectivity index (χ2v) is 5.64. The normalized spacial score (nSPS) is 24.9. The van der Waals surface area contributed by atoms with Gasteiger partial charge in [-0.15, -0.1) is 0 Å². The van der Waals surface area contributed by atoms with Crippen molar-refractivity contribution in [3.8, 4) is 0 Å². The third-order valence-electron chi connectivity index (χ3n) is 3.58. The Balaban J connectivity index is 2.18. The number of methoxy groups -OCH3 is 1. The Morgan fingerprint density at radius 1 is 1.41 bits per heavy atom. The minimum atomic E-state index is -0.118. The lowest BCUT2D eigenvalue weighted by Gasteiger charge is -2.30. The molecule has 100 valence electrons. The Hall–Kier alpha value is -0.570. The first kappa shape index (κ1) is 14.5. The van der Waals surface area contributed by atoms with Crippen LogP contribution in [0.15, 0.2) is 0 Å². The predicted molar refractivity (Wildman–Crippen MR) is 69.8 cm³/mol. The minimum absolute atomic E-state index is 0.118. The molecule has 0 spiro atoms. The molecule has 0 radical (unpaired) electrons. The zero-order chi connectivity index (χ0) is 12.7. The highest BCUT2D eigenvalue weighted by Crippen LogP contribution is 2.29. The first-order valence-corrected chi connectivity index (χ1v) is 6.92. The van der Waals surface area contributed by atoms with Gasteiger partial charge >= 0.3 is 5.97 Å². The quantitative estimate of drug-likeness (QED) is 0.727. The molecular weight excluding hydrogens is 214 g/mol. The maximum absolute atomic E-state index is 11.0. The van der Waals surface area contributed by atoms with Gasteiger partial charge in [0.2, 0.25) is 0 Å². The summed E-state index contributed by atoms with van der Waals surface area (Å²) in [5.74, 6) is 1.56. The van der Waals surface area contributed by atoms with Crippen molar-refractivity contribution in [3.05, 3.63) is 0 Å². The van der Waals surface area contributed by atoms with Crippen LogP contribution in [0.3, 0.4) is 0 Å². The second kappa shape index (κ2) is 7.70. The van der Waals surface area contributed by atoms with Crippen molar-refractivity contribution >= 4 is 5.97 Å². The minimum Gasteiger partial charge on any atom is -0.469 e. The Morgan fingerprint density at radius 2 is 2.18 bits per heavy atom. The molecule has 2 unspecified atom stereocenters. The first-order chi connectivity index (χ1) is 8.11. The summed E-state index contributed by atoms with van der Waals surface area (Å²) < 4.78 is 4.63. The van der Waals surface area contributed by atoms with E-state index in [1.165, 1.54) is 39.2 Å². The van der Waals surface area contributed by atoms with E-state index in [0.717, 1.165) is 18.4 Å². The van der Waals surface area contributed by atoms with Crippen LogP contribution in [-0.4, -0.2) is 25.7 Å². The van der Waals surface area contributed by atoms with Crippen LogP contribution in [0.25, 0.3) is 0 Å². The molecule has 1 aliphatic rings. The predicted octanol–water partition coefficient (Wildman–Crippen LogP) is 2.74. The van der Waals surface area contributed by atoms with Gasteiger partial charge in [0.15, 0.2) is 0 Å². The van der Waals surface area contributed by atoms with Crippen LogP contribution in [0.1, 0.15) is 52.4 Å². The van der Waals surface area contributed by atoms with Crippen molar-refractivity contribution in [3.63, 3.8) is 0 Å². The summed E-state index contributed by atoms with van der Waals surface area (Å²) in [6, 6.07) is 0.608. The molecule has 1 rings (SSSR count). The fourth-order valence-corrected chi connectivity index (χ4v) is 2.84. The lowest BCUT2D eigenvalue weighted by molar-refractivity contribution is -0.140. The molecule has 0 aromatic rings. The van der Waals surface area contributed by atoms with E-state index in [1.54, 1.807) is 0 Å². The molecule has 0 aliphatic heterocycles. The van der Waals surface area contributed by atoms with Crippen molar-refractivity contribution < 1.29 is 9.53 Å². The Bertz CT molecular complexity index is 228. The fraction of sp³-hybridized carbons (Fsp3) is 0.929. The molecule has 1 N–H and O–H groups in total. The summed E-state index contributed by atoms with van der Waals surface area (Å²) in [5, 5.41) is 3.49. The lowest BCUT2D eigenvalue weighted by Crippen LogP contribution is -2.35. The molecule has 1 saturated carbocycles. The zero-order valence-electron chi connectivity index (χ0n) is 11.5. The van der Waals surface area contributed by atoms with Crippen LogP contribution in [0, 0.1) is 11.8 Å².